The molecule has 9 aromatic carbocycles. The van der Waals surface area contributed by atoms with E-state index < -0.39 is 0 Å². The molecule has 0 aliphatic rings. The Balaban J connectivity index is 1.30. The van der Waals surface area contributed by atoms with Crippen molar-refractivity contribution in [1.29, 1.82) is 0 Å². The van der Waals surface area contributed by atoms with Crippen LogP contribution in [0.4, 0.5) is 0 Å². The molecule has 1 nitrogen and oxygen atoms in total. The lowest BCUT2D eigenvalue weighted by atomic mass is 9.85. The molecule has 0 saturated heterocycles. The summed E-state index contributed by atoms with van der Waals surface area (Å²) in [5, 5.41) is 15.2. The van der Waals surface area contributed by atoms with Crippen LogP contribution in [0.15, 0.2) is 162 Å². The molecule has 10 aromatic rings. The average molecular weight is 571 g/mol. The van der Waals surface area contributed by atoms with E-state index in [1.165, 1.54) is 76.1 Å². The molecule has 0 aliphatic carbocycles. The second-order valence-corrected chi connectivity index (χ2v) is 12.0. The largest absolute Gasteiger partial charge is 0.456 e. The first kappa shape index (κ1) is 24.5. The maximum atomic E-state index is 6.13. The summed E-state index contributed by atoms with van der Waals surface area (Å²) in [6.07, 6.45) is 0. The predicted molar refractivity (Wildman–Crippen MR) is 192 cm³/mol. The Labute approximate surface area is 259 Å². The van der Waals surface area contributed by atoms with Gasteiger partial charge >= 0.3 is 0 Å². The molecule has 10 rings (SSSR count). The lowest BCUT2D eigenvalue weighted by molar-refractivity contribution is 0.669. The van der Waals surface area contributed by atoms with Crippen molar-refractivity contribution in [1.82, 2.24) is 0 Å². The van der Waals surface area contributed by atoms with Crippen LogP contribution in [0.3, 0.4) is 0 Å². The number of hydrogen-bond acceptors (Lipinski definition) is 1. The second-order valence-electron chi connectivity index (χ2n) is 12.0. The SMILES string of the molecule is c1ccc(-c2ccc3c(c2)c2ccccc2c2c4ccc(-c5ccc6oc7ccccc7c6c5)cc4c4ccccc4c32)cc1. The molecule has 0 unspecified atom stereocenters. The summed E-state index contributed by atoms with van der Waals surface area (Å²) in [4.78, 5) is 0. The highest BCUT2D eigenvalue weighted by Gasteiger charge is 2.17. The predicted octanol–water partition coefficient (Wildman–Crippen LogP) is 12.7. The van der Waals surface area contributed by atoms with Crippen LogP contribution in [0.25, 0.3) is 98.1 Å². The summed E-state index contributed by atoms with van der Waals surface area (Å²) >= 11 is 0. The summed E-state index contributed by atoms with van der Waals surface area (Å²) in [6, 6.07) is 57.4. The van der Waals surface area contributed by atoms with E-state index in [1.54, 1.807) is 0 Å². The zero-order chi connectivity index (χ0) is 29.5. The Bertz CT molecular complexity index is 2800. The van der Waals surface area contributed by atoms with Gasteiger partial charge in [-0.1, -0.05) is 127 Å². The van der Waals surface area contributed by atoms with Crippen LogP contribution in [0.1, 0.15) is 0 Å². The van der Waals surface area contributed by atoms with Gasteiger partial charge in [-0.3, -0.25) is 0 Å². The Morgan fingerprint density at radius 2 is 0.667 bits per heavy atom. The molecule has 0 amide bonds. The summed E-state index contributed by atoms with van der Waals surface area (Å²) < 4.78 is 6.13. The molecule has 0 radical (unpaired) electrons. The second kappa shape index (κ2) is 9.29. The number of fused-ring (bicyclic) bond motifs is 14. The van der Waals surface area contributed by atoms with Crippen molar-refractivity contribution in [2.75, 3.05) is 0 Å². The normalized spacial score (nSPS) is 12.0. The van der Waals surface area contributed by atoms with Crippen molar-refractivity contribution in [2.24, 2.45) is 0 Å². The van der Waals surface area contributed by atoms with E-state index in [2.05, 4.69) is 146 Å². The van der Waals surface area contributed by atoms with Crippen LogP contribution in [0.2, 0.25) is 0 Å². The Morgan fingerprint density at radius 1 is 0.244 bits per heavy atom. The van der Waals surface area contributed by atoms with E-state index in [0.29, 0.717) is 0 Å². The van der Waals surface area contributed by atoms with Gasteiger partial charge in [0.2, 0.25) is 0 Å². The van der Waals surface area contributed by atoms with Gasteiger partial charge in [-0.2, -0.15) is 0 Å². The van der Waals surface area contributed by atoms with Gasteiger partial charge in [0, 0.05) is 10.8 Å². The van der Waals surface area contributed by atoms with Crippen molar-refractivity contribution in [3.63, 3.8) is 0 Å². The maximum absolute atomic E-state index is 6.13. The van der Waals surface area contributed by atoms with Gasteiger partial charge in [0.1, 0.15) is 11.2 Å². The fourth-order valence-corrected chi connectivity index (χ4v) is 7.57. The first-order chi connectivity index (χ1) is 22.3. The highest BCUT2D eigenvalue weighted by atomic mass is 16.3. The van der Waals surface area contributed by atoms with E-state index >= 15 is 0 Å². The lowest BCUT2D eigenvalue weighted by Gasteiger charge is -2.17. The van der Waals surface area contributed by atoms with Gasteiger partial charge in [-0.05, 0) is 106 Å². The Morgan fingerprint density at radius 3 is 1.29 bits per heavy atom. The van der Waals surface area contributed by atoms with Crippen molar-refractivity contribution in [3.05, 3.63) is 158 Å². The van der Waals surface area contributed by atoms with Crippen molar-refractivity contribution >= 4 is 75.8 Å². The van der Waals surface area contributed by atoms with Crippen LogP contribution >= 0.6 is 0 Å². The van der Waals surface area contributed by atoms with Gasteiger partial charge < -0.3 is 4.42 Å². The maximum Gasteiger partial charge on any atom is 0.135 e. The van der Waals surface area contributed by atoms with Crippen LogP contribution in [-0.2, 0) is 0 Å². The number of para-hydroxylation sites is 1. The minimum atomic E-state index is 0.922. The minimum Gasteiger partial charge on any atom is -0.456 e. The first-order valence-corrected chi connectivity index (χ1v) is 15.5. The quantitative estimate of drug-likeness (QED) is 0.188. The fourth-order valence-electron chi connectivity index (χ4n) is 7.57. The van der Waals surface area contributed by atoms with Gasteiger partial charge in [0.25, 0.3) is 0 Å². The fraction of sp³-hybridized carbons (Fsp3) is 0. The molecule has 0 spiro atoms. The van der Waals surface area contributed by atoms with Crippen LogP contribution < -0.4 is 0 Å². The third kappa shape index (κ3) is 3.56. The smallest absolute Gasteiger partial charge is 0.135 e. The van der Waals surface area contributed by atoms with Crippen LogP contribution in [0.5, 0.6) is 0 Å². The van der Waals surface area contributed by atoms with E-state index in [9.17, 15) is 0 Å². The van der Waals surface area contributed by atoms with Crippen molar-refractivity contribution < 1.29 is 4.42 Å². The molecule has 0 bridgehead atoms. The molecule has 0 atom stereocenters. The van der Waals surface area contributed by atoms with Gasteiger partial charge in [-0.25, -0.2) is 0 Å². The highest BCUT2D eigenvalue weighted by molar-refractivity contribution is 6.39. The monoisotopic (exact) mass is 570 g/mol. The summed E-state index contributed by atoms with van der Waals surface area (Å²) in [5.41, 5.74) is 6.72. The van der Waals surface area contributed by atoms with Gasteiger partial charge in [-0.15, -0.1) is 0 Å². The molecular formula is C44H26O. The molecule has 1 heterocycles. The van der Waals surface area contributed by atoms with Crippen molar-refractivity contribution in [2.45, 2.75) is 0 Å². The van der Waals surface area contributed by atoms with Gasteiger partial charge in [0.15, 0.2) is 0 Å². The zero-order valence-electron chi connectivity index (χ0n) is 24.4. The standard InChI is InChI=1S/C44H26O/c1-2-10-27(11-3-1)28-18-21-36-38(24-28)31-12-4-6-15-34(31)44-37-22-19-29(25-39(37)32-13-5-7-16-35(32)43(36)44)30-20-23-42-40(26-30)33-14-8-9-17-41(33)45-42/h1-26H. The Hall–Kier alpha value is -5.92. The van der Waals surface area contributed by atoms with Crippen molar-refractivity contribution in [3.8, 4) is 22.3 Å². The molecule has 0 N–H and O–H groups in total. The summed E-state index contributed by atoms with van der Waals surface area (Å²) in [7, 11) is 0. The number of hydrogen-bond donors (Lipinski definition) is 0. The number of furan rings is 1. The van der Waals surface area contributed by atoms with Crippen LogP contribution in [-0.4, -0.2) is 0 Å². The zero-order valence-corrected chi connectivity index (χ0v) is 24.4. The summed E-state index contributed by atoms with van der Waals surface area (Å²) in [5.74, 6) is 0. The van der Waals surface area contributed by atoms with E-state index in [4.69, 9.17) is 4.42 Å². The number of benzene rings is 9. The first-order valence-electron chi connectivity index (χ1n) is 15.5. The van der Waals surface area contributed by atoms with Gasteiger partial charge in [0.05, 0.1) is 0 Å². The van der Waals surface area contributed by atoms with E-state index in [0.717, 1.165) is 21.9 Å². The van der Waals surface area contributed by atoms with E-state index in [1.807, 2.05) is 12.1 Å². The lowest BCUT2D eigenvalue weighted by Crippen LogP contribution is -1.90. The average Bonchev–Trinajstić information content (AvgIpc) is 3.49. The van der Waals surface area contributed by atoms with Crippen LogP contribution in [0, 0.1) is 0 Å². The number of rotatable bonds is 2. The molecular weight excluding hydrogens is 544 g/mol. The molecule has 0 aliphatic heterocycles. The molecule has 1 heteroatoms. The topological polar surface area (TPSA) is 13.1 Å². The third-order valence-corrected chi connectivity index (χ3v) is 9.62. The molecule has 1 aromatic heterocycles. The third-order valence-electron chi connectivity index (χ3n) is 9.62. The molecule has 0 saturated carbocycles. The Kier molecular flexibility index (Phi) is 5.06. The highest BCUT2D eigenvalue weighted by Crippen LogP contribution is 2.45. The summed E-state index contributed by atoms with van der Waals surface area (Å²) in [6.45, 7) is 0. The minimum absolute atomic E-state index is 0.922. The molecule has 45 heavy (non-hydrogen) atoms. The molecule has 0 fully saturated rings. The molecule has 208 valence electrons. The van der Waals surface area contributed by atoms with E-state index in [-0.39, 0.29) is 0 Å².